The fraction of sp³-hybridized carbons (Fsp3) is 0.296. The Balaban J connectivity index is 1.93. The molecule has 0 saturated carbocycles. The summed E-state index contributed by atoms with van der Waals surface area (Å²) in [7, 11) is -0.462. The Morgan fingerprint density at radius 3 is 1.91 bits per heavy atom. The van der Waals surface area contributed by atoms with Crippen LogP contribution < -0.4 is 9.47 Å². The molecular formula is C27H32N2O4S. The second-order valence-corrected chi connectivity index (χ2v) is 10.2. The lowest BCUT2D eigenvalue weighted by Gasteiger charge is -2.28. The van der Waals surface area contributed by atoms with Crippen molar-refractivity contribution in [2.75, 3.05) is 14.2 Å². The van der Waals surface area contributed by atoms with Gasteiger partial charge in [0, 0.05) is 31.4 Å². The van der Waals surface area contributed by atoms with Crippen molar-refractivity contribution < 1.29 is 17.9 Å². The summed E-state index contributed by atoms with van der Waals surface area (Å²) < 4.78 is 40.1. The number of nitrogens with zero attached hydrogens (tertiary/aromatic N) is 2. The predicted octanol–water partition coefficient (Wildman–Crippen LogP) is 5.01. The molecule has 0 N–H and O–H groups in total. The molecule has 0 fully saturated rings. The van der Waals surface area contributed by atoms with Gasteiger partial charge in [0.2, 0.25) is 10.0 Å². The van der Waals surface area contributed by atoms with Crippen molar-refractivity contribution in [3.05, 3.63) is 102 Å². The van der Waals surface area contributed by atoms with E-state index in [-0.39, 0.29) is 13.1 Å². The number of aromatic nitrogens is 1. The van der Waals surface area contributed by atoms with Gasteiger partial charge in [-0.2, -0.15) is 4.31 Å². The SMILES string of the molecule is C=CCC[C@@H](Cc1ccccn1)S(=O)(=O)N(Cc1ccc(OC)cc1)Cc1ccc(OC)cc1. The van der Waals surface area contributed by atoms with Gasteiger partial charge in [-0.1, -0.05) is 36.4 Å². The zero-order chi connectivity index (χ0) is 24.4. The second kappa shape index (κ2) is 12.3. The lowest BCUT2D eigenvalue weighted by molar-refractivity contribution is 0.388. The number of allylic oxidation sites excluding steroid dienone is 1. The lowest BCUT2D eigenvalue weighted by atomic mass is 10.1. The van der Waals surface area contributed by atoms with Crippen LogP contribution in [0, 0.1) is 0 Å². The van der Waals surface area contributed by atoms with Gasteiger partial charge in [-0.15, -0.1) is 6.58 Å². The minimum Gasteiger partial charge on any atom is -0.497 e. The molecule has 0 bridgehead atoms. The van der Waals surface area contributed by atoms with E-state index in [0.29, 0.717) is 19.3 Å². The maximum atomic E-state index is 14.0. The minimum absolute atomic E-state index is 0.255. The van der Waals surface area contributed by atoms with E-state index < -0.39 is 15.3 Å². The highest BCUT2D eigenvalue weighted by Gasteiger charge is 2.32. The summed E-state index contributed by atoms with van der Waals surface area (Å²) in [6.07, 6.45) is 4.88. The molecule has 0 unspecified atom stereocenters. The van der Waals surface area contributed by atoms with Gasteiger partial charge in [-0.05, 0) is 60.4 Å². The Morgan fingerprint density at radius 1 is 0.912 bits per heavy atom. The monoisotopic (exact) mass is 480 g/mol. The Labute approximate surface area is 202 Å². The van der Waals surface area contributed by atoms with E-state index in [2.05, 4.69) is 11.6 Å². The molecule has 3 aromatic rings. The minimum atomic E-state index is -3.68. The highest BCUT2D eigenvalue weighted by Crippen LogP contribution is 2.24. The standard InChI is InChI=1S/C27H32N2O4S/c1-4-5-9-27(19-24-8-6-7-18-28-24)34(30,31)29(20-22-10-14-25(32-2)15-11-22)21-23-12-16-26(33-3)17-13-23/h4,6-8,10-18,27H,1,5,9,19-21H2,2-3H3/t27-/m0/s1. The summed E-state index contributed by atoms with van der Waals surface area (Å²) in [6, 6.07) is 20.5. The Morgan fingerprint density at radius 2 is 1.47 bits per heavy atom. The molecule has 0 spiro atoms. The normalized spacial score (nSPS) is 12.3. The molecule has 0 amide bonds. The van der Waals surface area contributed by atoms with Gasteiger partial charge >= 0.3 is 0 Å². The summed E-state index contributed by atoms with van der Waals surface area (Å²) in [4.78, 5) is 4.37. The number of rotatable bonds is 13. The van der Waals surface area contributed by atoms with Crippen LogP contribution in [-0.2, 0) is 29.5 Å². The first kappa shape index (κ1) is 25.5. The summed E-state index contributed by atoms with van der Waals surface area (Å²) in [5.41, 5.74) is 2.53. The number of hydrogen-bond acceptors (Lipinski definition) is 5. The molecule has 1 heterocycles. The molecule has 1 aromatic heterocycles. The maximum Gasteiger partial charge on any atom is 0.217 e. The van der Waals surface area contributed by atoms with Gasteiger partial charge in [-0.3, -0.25) is 4.98 Å². The van der Waals surface area contributed by atoms with Crippen LogP contribution in [0.1, 0.15) is 29.7 Å². The van der Waals surface area contributed by atoms with E-state index in [1.54, 1.807) is 30.8 Å². The number of ether oxygens (including phenoxy) is 2. The topological polar surface area (TPSA) is 68.7 Å². The van der Waals surface area contributed by atoms with Crippen molar-refractivity contribution in [1.29, 1.82) is 0 Å². The summed E-state index contributed by atoms with van der Waals surface area (Å²) in [5, 5.41) is -0.614. The van der Waals surface area contributed by atoms with Crippen molar-refractivity contribution in [3.63, 3.8) is 0 Å². The summed E-state index contributed by atoms with van der Waals surface area (Å²) >= 11 is 0. The van der Waals surface area contributed by atoms with Crippen LogP contribution in [0.5, 0.6) is 11.5 Å². The predicted molar refractivity (Wildman–Crippen MR) is 135 cm³/mol. The van der Waals surface area contributed by atoms with Crippen LogP contribution in [0.15, 0.2) is 85.6 Å². The third-order valence-electron chi connectivity index (χ3n) is 5.67. The van der Waals surface area contributed by atoms with Crippen molar-refractivity contribution >= 4 is 10.0 Å². The van der Waals surface area contributed by atoms with Crippen LogP contribution >= 0.6 is 0 Å². The number of sulfonamides is 1. The molecule has 1 atom stereocenters. The smallest absolute Gasteiger partial charge is 0.217 e. The van der Waals surface area contributed by atoms with Crippen molar-refractivity contribution in [1.82, 2.24) is 9.29 Å². The third kappa shape index (κ3) is 6.92. The molecule has 2 aromatic carbocycles. The molecule has 0 aliphatic heterocycles. The largest absolute Gasteiger partial charge is 0.497 e. The zero-order valence-corrected chi connectivity index (χ0v) is 20.6. The summed E-state index contributed by atoms with van der Waals surface area (Å²) in [5.74, 6) is 1.46. The van der Waals surface area contributed by atoms with Gasteiger partial charge in [-0.25, -0.2) is 8.42 Å². The van der Waals surface area contributed by atoms with E-state index in [4.69, 9.17) is 9.47 Å². The first-order valence-corrected chi connectivity index (χ1v) is 12.7. The van der Waals surface area contributed by atoms with Crippen LogP contribution in [-0.4, -0.2) is 37.2 Å². The summed E-state index contributed by atoms with van der Waals surface area (Å²) in [6.45, 7) is 4.30. The molecule has 7 heteroatoms. The molecule has 180 valence electrons. The lowest BCUT2D eigenvalue weighted by Crippen LogP contribution is -2.39. The molecule has 34 heavy (non-hydrogen) atoms. The van der Waals surface area contributed by atoms with E-state index in [9.17, 15) is 8.42 Å². The van der Waals surface area contributed by atoms with Crippen molar-refractivity contribution in [3.8, 4) is 11.5 Å². The molecule has 0 radical (unpaired) electrons. The van der Waals surface area contributed by atoms with Gasteiger partial charge < -0.3 is 9.47 Å². The highest BCUT2D eigenvalue weighted by atomic mass is 32.2. The molecule has 0 aliphatic rings. The number of pyridine rings is 1. The Kier molecular flexibility index (Phi) is 9.24. The number of methoxy groups -OCH3 is 2. The highest BCUT2D eigenvalue weighted by molar-refractivity contribution is 7.89. The van der Waals surface area contributed by atoms with Crippen LogP contribution in [0.25, 0.3) is 0 Å². The van der Waals surface area contributed by atoms with E-state index in [1.807, 2.05) is 66.7 Å². The van der Waals surface area contributed by atoms with Crippen LogP contribution in [0.3, 0.4) is 0 Å². The third-order valence-corrected chi connectivity index (χ3v) is 7.90. The zero-order valence-electron chi connectivity index (χ0n) is 19.8. The molecular weight excluding hydrogens is 448 g/mol. The van der Waals surface area contributed by atoms with E-state index in [1.165, 1.54) is 0 Å². The van der Waals surface area contributed by atoms with Crippen molar-refractivity contribution in [2.45, 2.75) is 37.6 Å². The quantitative estimate of drug-likeness (QED) is 0.322. The molecule has 0 saturated heterocycles. The first-order chi connectivity index (χ1) is 16.5. The van der Waals surface area contributed by atoms with E-state index in [0.717, 1.165) is 28.3 Å². The van der Waals surface area contributed by atoms with Crippen LogP contribution in [0.2, 0.25) is 0 Å². The van der Waals surface area contributed by atoms with Crippen molar-refractivity contribution in [2.24, 2.45) is 0 Å². The van der Waals surface area contributed by atoms with Gasteiger partial charge in [0.25, 0.3) is 0 Å². The Hall–Kier alpha value is -3.16. The van der Waals surface area contributed by atoms with Gasteiger partial charge in [0.1, 0.15) is 11.5 Å². The fourth-order valence-electron chi connectivity index (χ4n) is 3.73. The molecule has 3 rings (SSSR count). The van der Waals surface area contributed by atoms with Gasteiger partial charge in [0.05, 0.1) is 19.5 Å². The number of benzene rings is 2. The molecule has 0 aliphatic carbocycles. The van der Waals surface area contributed by atoms with Gasteiger partial charge in [0.15, 0.2) is 0 Å². The first-order valence-electron chi connectivity index (χ1n) is 11.2. The van der Waals surface area contributed by atoms with Crippen LogP contribution in [0.4, 0.5) is 0 Å². The average molecular weight is 481 g/mol. The second-order valence-electron chi connectivity index (χ2n) is 8.02. The van der Waals surface area contributed by atoms with E-state index >= 15 is 0 Å². The maximum absolute atomic E-state index is 14.0. The Bertz CT molecular complexity index is 1080. The fourth-order valence-corrected chi connectivity index (χ4v) is 5.62. The molecule has 6 nitrogen and oxygen atoms in total. The average Bonchev–Trinajstić information content (AvgIpc) is 2.87. The number of hydrogen-bond donors (Lipinski definition) is 0.